The standard InChI is InChI=1S/C19H18Cl2N4O2/c1-12-10-25(19(22)24-12)23-9-13-6-7-17(18(8-13)26-2)27-11-14-15(20)4-3-5-16(14)21/h3-10H,11H2,1-2H3,(H2,22,24). The third-order valence-electron chi connectivity index (χ3n) is 3.79. The van der Waals surface area contributed by atoms with Crippen molar-refractivity contribution in [3.63, 3.8) is 0 Å². The van der Waals surface area contributed by atoms with Crippen LogP contribution in [0.5, 0.6) is 11.5 Å². The van der Waals surface area contributed by atoms with E-state index in [4.69, 9.17) is 38.4 Å². The van der Waals surface area contributed by atoms with Crippen LogP contribution in [0.15, 0.2) is 47.7 Å². The van der Waals surface area contributed by atoms with Gasteiger partial charge in [-0.3, -0.25) is 0 Å². The first kappa shape index (κ1) is 19.1. The number of hydrogen-bond acceptors (Lipinski definition) is 5. The van der Waals surface area contributed by atoms with Crippen molar-refractivity contribution in [1.29, 1.82) is 0 Å². The van der Waals surface area contributed by atoms with Crippen molar-refractivity contribution in [3.8, 4) is 11.5 Å². The van der Waals surface area contributed by atoms with Crippen LogP contribution < -0.4 is 15.2 Å². The number of anilines is 1. The highest BCUT2D eigenvalue weighted by Gasteiger charge is 2.10. The molecule has 0 amide bonds. The Morgan fingerprint density at radius 1 is 1.19 bits per heavy atom. The number of rotatable bonds is 6. The number of ether oxygens (including phenoxy) is 2. The van der Waals surface area contributed by atoms with Gasteiger partial charge in [-0.15, -0.1) is 0 Å². The first-order chi connectivity index (χ1) is 13.0. The Kier molecular flexibility index (Phi) is 5.88. The van der Waals surface area contributed by atoms with E-state index in [1.807, 2.05) is 19.1 Å². The minimum absolute atomic E-state index is 0.229. The molecule has 0 fully saturated rings. The predicted molar refractivity (Wildman–Crippen MR) is 108 cm³/mol. The zero-order chi connectivity index (χ0) is 19.4. The van der Waals surface area contributed by atoms with E-state index in [0.717, 1.165) is 16.8 Å². The fraction of sp³-hybridized carbons (Fsp3) is 0.158. The van der Waals surface area contributed by atoms with Gasteiger partial charge in [0.1, 0.15) is 6.61 Å². The number of benzene rings is 2. The Labute approximate surface area is 167 Å². The Hall–Kier alpha value is -2.70. The van der Waals surface area contributed by atoms with Gasteiger partial charge in [0.05, 0.1) is 25.2 Å². The van der Waals surface area contributed by atoms with Gasteiger partial charge < -0.3 is 15.2 Å². The molecule has 6 nitrogen and oxygen atoms in total. The van der Waals surface area contributed by atoms with E-state index < -0.39 is 0 Å². The number of aromatic nitrogens is 2. The maximum Gasteiger partial charge on any atom is 0.221 e. The second-order valence-electron chi connectivity index (χ2n) is 5.73. The Morgan fingerprint density at radius 3 is 2.56 bits per heavy atom. The molecule has 0 aliphatic carbocycles. The molecule has 8 heteroatoms. The average Bonchev–Trinajstić information content (AvgIpc) is 2.97. The molecular formula is C19H18Cl2N4O2. The third-order valence-corrected chi connectivity index (χ3v) is 4.50. The summed E-state index contributed by atoms with van der Waals surface area (Å²) in [5, 5.41) is 5.40. The predicted octanol–water partition coefficient (Wildman–Crippen LogP) is 4.55. The molecule has 0 unspecified atom stereocenters. The topological polar surface area (TPSA) is 74.7 Å². The molecule has 1 heterocycles. The van der Waals surface area contributed by atoms with Crippen LogP contribution >= 0.6 is 23.2 Å². The summed E-state index contributed by atoms with van der Waals surface area (Å²) < 4.78 is 12.8. The summed E-state index contributed by atoms with van der Waals surface area (Å²) >= 11 is 12.4. The fourth-order valence-electron chi connectivity index (χ4n) is 2.43. The molecule has 27 heavy (non-hydrogen) atoms. The molecule has 140 valence electrons. The molecule has 0 atom stereocenters. The molecule has 3 rings (SSSR count). The summed E-state index contributed by atoms with van der Waals surface area (Å²) in [7, 11) is 1.57. The van der Waals surface area contributed by atoms with Crippen LogP contribution in [0.3, 0.4) is 0 Å². The number of halogens is 2. The molecule has 2 aromatic carbocycles. The second-order valence-corrected chi connectivity index (χ2v) is 6.54. The summed E-state index contributed by atoms with van der Waals surface area (Å²) in [6, 6.07) is 10.8. The lowest BCUT2D eigenvalue weighted by Gasteiger charge is -2.13. The van der Waals surface area contributed by atoms with Crippen molar-refractivity contribution in [2.75, 3.05) is 12.8 Å². The van der Waals surface area contributed by atoms with Crippen molar-refractivity contribution in [2.24, 2.45) is 5.10 Å². The zero-order valence-corrected chi connectivity index (χ0v) is 16.3. The van der Waals surface area contributed by atoms with E-state index >= 15 is 0 Å². The van der Waals surface area contributed by atoms with Crippen molar-refractivity contribution in [2.45, 2.75) is 13.5 Å². The average molecular weight is 405 g/mol. The van der Waals surface area contributed by atoms with Gasteiger partial charge in [0, 0.05) is 15.6 Å². The number of imidazole rings is 1. The number of methoxy groups -OCH3 is 1. The fourth-order valence-corrected chi connectivity index (χ4v) is 2.94. The lowest BCUT2D eigenvalue weighted by molar-refractivity contribution is 0.284. The highest BCUT2D eigenvalue weighted by molar-refractivity contribution is 6.35. The normalized spacial score (nSPS) is 11.1. The molecule has 0 bridgehead atoms. The van der Waals surface area contributed by atoms with Crippen molar-refractivity contribution >= 4 is 35.4 Å². The first-order valence-corrected chi connectivity index (χ1v) is 8.83. The van der Waals surface area contributed by atoms with Crippen LogP contribution in [-0.4, -0.2) is 23.0 Å². The minimum atomic E-state index is 0.229. The van der Waals surface area contributed by atoms with E-state index in [2.05, 4.69) is 10.1 Å². The summed E-state index contributed by atoms with van der Waals surface area (Å²) in [6.07, 6.45) is 3.41. The monoisotopic (exact) mass is 404 g/mol. The molecule has 2 N–H and O–H groups in total. The zero-order valence-electron chi connectivity index (χ0n) is 14.8. The third kappa shape index (κ3) is 4.53. The van der Waals surface area contributed by atoms with E-state index in [1.54, 1.807) is 43.8 Å². The molecule has 0 radical (unpaired) electrons. The molecule has 0 aliphatic heterocycles. The summed E-state index contributed by atoms with van der Waals surface area (Å²) in [5.41, 5.74) is 8.11. The van der Waals surface area contributed by atoms with Gasteiger partial charge in [-0.25, -0.2) is 9.66 Å². The molecular weight excluding hydrogens is 387 g/mol. The van der Waals surface area contributed by atoms with Crippen LogP contribution in [0, 0.1) is 6.92 Å². The van der Waals surface area contributed by atoms with Crippen LogP contribution in [0.1, 0.15) is 16.8 Å². The van der Waals surface area contributed by atoms with Gasteiger partial charge in [-0.1, -0.05) is 29.3 Å². The highest BCUT2D eigenvalue weighted by Crippen LogP contribution is 2.31. The van der Waals surface area contributed by atoms with Crippen LogP contribution in [0.2, 0.25) is 10.0 Å². The van der Waals surface area contributed by atoms with Crippen molar-refractivity contribution < 1.29 is 9.47 Å². The Balaban J connectivity index is 1.77. The van der Waals surface area contributed by atoms with E-state index in [9.17, 15) is 0 Å². The van der Waals surface area contributed by atoms with Gasteiger partial charge in [0.15, 0.2) is 11.5 Å². The Morgan fingerprint density at radius 2 is 1.93 bits per heavy atom. The van der Waals surface area contributed by atoms with E-state index in [-0.39, 0.29) is 6.61 Å². The van der Waals surface area contributed by atoms with Crippen LogP contribution in [0.4, 0.5) is 5.95 Å². The molecule has 3 aromatic rings. The van der Waals surface area contributed by atoms with E-state index in [1.165, 1.54) is 4.68 Å². The maximum atomic E-state index is 6.18. The molecule has 0 spiro atoms. The van der Waals surface area contributed by atoms with Gasteiger partial charge in [-0.2, -0.15) is 5.10 Å². The molecule has 0 saturated carbocycles. The number of hydrogen-bond donors (Lipinski definition) is 1. The molecule has 0 aliphatic rings. The minimum Gasteiger partial charge on any atom is -0.493 e. The summed E-state index contributed by atoms with van der Waals surface area (Å²) in [6.45, 7) is 2.08. The van der Waals surface area contributed by atoms with Crippen molar-refractivity contribution in [3.05, 3.63) is 69.5 Å². The van der Waals surface area contributed by atoms with Gasteiger partial charge >= 0.3 is 0 Å². The van der Waals surface area contributed by atoms with Crippen molar-refractivity contribution in [1.82, 2.24) is 9.66 Å². The van der Waals surface area contributed by atoms with E-state index in [0.29, 0.717) is 27.5 Å². The van der Waals surface area contributed by atoms with Crippen LogP contribution in [0.25, 0.3) is 0 Å². The first-order valence-electron chi connectivity index (χ1n) is 8.07. The van der Waals surface area contributed by atoms with Crippen LogP contribution in [-0.2, 0) is 6.61 Å². The second kappa shape index (κ2) is 8.33. The smallest absolute Gasteiger partial charge is 0.221 e. The number of nitrogens with zero attached hydrogens (tertiary/aromatic N) is 3. The highest BCUT2D eigenvalue weighted by atomic mass is 35.5. The lowest BCUT2D eigenvalue weighted by Crippen LogP contribution is -2.00. The quantitative estimate of drug-likeness (QED) is 0.611. The van der Waals surface area contributed by atoms with Gasteiger partial charge in [-0.05, 0) is 42.8 Å². The summed E-state index contributed by atoms with van der Waals surface area (Å²) in [4.78, 5) is 4.10. The maximum absolute atomic E-state index is 6.18. The Bertz CT molecular complexity index is 966. The SMILES string of the molecule is COc1cc(C=Nn2cc(C)nc2N)ccc1OCc1c(Cl)cccc1Cl. The van der Waals surface area contributed by atoms with Gasteiger partial charge in [0.25, 0.3) is 0 Å². The number of aryl methyl sites for hydroxylation is 1. The molecule has 1 aromatic heterocycles. The molecule has 0 saturated heterocycles. The number of nitrogen functional groups attached to an aromatic ring is 1. The summed E-state index contributed by atoms with van der Waals surface area (Å²) in [5.74, 6) is 1.47. The lowest BCUT2D eigenvalue weighted by atomic mass is 10.2. The largest absolute Gasteiger partial charge is 0.493 e. The number of nitrogens with two attached hydrogens (primary N) is 1. The van der Waals surface area contributed by atoms with Gasteiger partial charge in [0.2, 0.25) is 5.95 Å².